The maximum atomic E-state index is 13.1. The van der Waals surface area contributed by atoms with Crippen LogP contribution in [0.25, 0.3) is 0 Å². The zero-order valence-corrected chi connectivity index (χ0v) is 20.5. The van der Waals surface area contributed by atoms with Gasteiger partial charge in [-0.3, -0.25) is 24.0 Å². The van der Waals surface area contributed by atoms with Crippen molar-refractivity contribution in [1.29, 1.82) is 0 Å². The van der Waals surface area contributed by atoms with E-state index in [9.17, 15) is 39.0 Å². The normalized spacial score (nSPS) is 14.8. The van der Waals surface area contributed by atoms with E-state index in [1.54, 1.807) is 13.8 Å². The number of aliphatic carboxylic acids is 2. The average molecular weight is 524 g/mol. The first-order chi connectivity index (χ1) is 17.2. The standard InChI is InChI=1S/C23H33N5O9/c1-3-11(2)19(23(36)37)28-22(35)15(8-12-4-6-13(29)7-5-12)27-21(34)16(10-17(25)30)26-20(33)14(24)9-18(31)32/h4-7,11,14-16,19,29H,3,8-10,24H2,1-2H3,(H2,25,30)(H,26,33)(H,27,34)(H,28,35)(H,31,32)(H,36,37). The number of amides is 4. The minimum absolute atomic E-state index is 0.0431. The van der Waals surface area contributed by atoms with Gasteiger partial charge in [0.2, 0.25) is 23.6 Å². The molecule has 0 aliphatic heterocycles. The molecule has 37 heavy (non-hydrogen) atoms. The summed E-state index contributed by atoms with van der Waals surface area (Å²) in [7, 11) is 0. The van der Waals surface area contributed by atoms with Gasteiger partial charge in [-0.2, -0.15) is 0 Å². The Morgan fingerprint density at radius 1 is 0.865 bits per heavy atom. The van der Waals surface area contributed by atoms with Crippen LogP contribution in [0.1, 0.15) is 38.7 Å². The summed E-state index contributed by atoms with van der Waals surface area (Å²) in [4.78, 5) is 72.3. The Balaban J connectivity index is 3.20. The number of benzene rings is 1. The van der Waals surface area contributed by atoms with Crippen LogP contribution >= 0.6 is 0 Å². The highest BCUT2D eigenvalue weighted by Gasteiger charge is 2.32. The molecule has 10 N–H and O–H groups in total. The number of carbonyl (C=O) groups is 6. The molecule has 0 bridgehead atoms. The lowest BCUT2D eigenvalue weighted by molar-refractivity contribution is -0.144. The number of nitrogens with one attached hydrogen (secondary N) is 3. The van der Waals surface area contributed by atoms with Crippen molar-refractivity contribution >= 4 is 35.6 Å². The van der Waals surface area contributed by atoms with Crippen LogP contribution in [0.2, 0.25) is 0 Å². The number of rotatable bonds is 15. The average Bonchev–Trinajstić information content (AvgIpc) is 2.81. The zero-order valence-electron chi connectivity index (χ0n) is 20.5. The molecule has 1 rings (SSSR count). The number of carboxylic acids is 2. The number of phenolic OH excluding ortho intramolecular Hbond substituents is 1. The van der Waals surface area contributed by atoms with E-state index >= 15 is 0 Å². The largest absolute Gasteiger partial charge is 0.508 e. The first-order valence-corrected chi connectivity index (χ1v) is 11.4. The van der Waals surface area contributed by atoms with Crippen molar-refractivity contribution in [3.63, 3.8) is 0 Å². The van der Waals surface area contributed by atoms with Crippen molar-refractivity contribution in [2.24, 2.45) is 17.4 Å². The van der Waals surface area contributed by atoms with E-state index in [1.165, 1.54) is 24.3 Å². The molecule has 4 amide bonds. The molecular weight excluding hydrogens is 490 g/mol. The Bertz CT molecular complexity index is 999. The number of carbonyl (C=O) groups excluding carboxylic acids is 4. The quantitative estimate of drug-likeness (QED) is 0.128. The molecule has 204 valence electrons. The number of primary amides is 1. The zero-order chi connectivity index (χ0) is 28.3. The molecule has 0 saturated heterocycles. The molecular formula is C23H33N5O9. The predicted octanol–water partition coefficient (Wildman–Crippen LogP) is -1.80. The smallest absolute Gasteiger partial charge is 0.326 e. The topological polar surface area (TPSA) is 251 Å². The lowest BCUT2D eigenvalue weighted by Gasteiger charge is -2.26. The summed E-state index contributed by atoms with van der Waals surface area (Å²) >= 11 is 0. The van der Waals surface area contributed by atoms with Crippen molar-refractivity contribution in [3.8, 4) is 5.75 Å². The number of phenols is 1. The van der Waals surface area contributed by atoms with Gasteiger partial charge in [-0.1, -0.05) is 32.4 Å². The van der Waals surface area contributed by atoms with E-state index < -0.39 is 78.5 Å². The molecule has 0 saturated carbocycles. The fourth-order valence-corrected chi connectivity index (χ4v) is 3.26. The van der Waals surface area contributed by atoms with Crippen molar-refractivity contribution in [2.45, 2.75) is 63.7 Å². The number of carboxylic acid groups (broad SMARTS) is 2. The maximum Gasteiger partial charge on any atom is 0.326 e. The van der Waals surface area contributed by atoms with Gasteiger partial charge in [-0.15, -0.1) is 0 Å². The predicted molar refractivity (Wildman–Crippen MR) is 129 cm³/mol. The molecule has 5 atom stereocenters. The second-order valence-corrected chi connectivity index (χ2v) is 8.58. The summed E-state index contributed by atoms with van der Waals surface area (Å²) in [6.07, 6.45) is -1.12. The summed E-state index contributed by atoms with van der Waals surface area (Å²) in [5.41, 5.74) is 11.2. The summed E-state index contributed by atoms with van der Waals surface area (Å²) in [6, 6.07) is -0.0586. The van der Waals surface area contributed by atoms with Crippen LogP contribution in [-0.2, 0) is 35.2 Å². The molecule has 14 heteroatoms. The second-order valence-electron chi connectivity index (χ2n) is 8.58. The lowest BCUT2D eigenvalue weighted by Crippen LogP contribution is -2.58. The van der Waals surface area contributed by atoms with Crippen LogP contribution in [0.4, 0.5) is 0 Å². The molecule has 0 aromatic heterocycles. The van der Waals surface area contributed by atoms with Gasteiger partial charge in [0.05, 0.1) is 18.9 Å². The highest BCUT2D eigenvalue weighted by Crippen LogP contribution is 2.13. The van der Waals surface area contributed by atoms with Crippen LogP contribution in [0.5, 0.6) is 5.75 Å². The molecule has 1 aromatic carbocycles. The number of hydrogen-bond acceptors (Lipinski definition) is 8. The number of nitrogens with two attached hydrogens (primary N) is 2. The van der Waals surface area contributed by atoms with Gasteiger partial charge < -0.3 is 42.7 Å². The summed E-state index contributed by atoms with van der Waals surface area (Å²) in [5, 5.41) is 34.8. The first-order valence-electron chi connectivity index (χ1n) is 11.4. The highest BCUT2D eigenvalue weighted by atomic mass is 16.4. The Morgan fingerprint density at radius 3 is 1.89 bits per heavy atom. The Kier molecular flexibility index (Phi) is 12.0. The van der Waals surface area contributed by atoms with Crippen molar-refractivity contribution < 1.29 is 44.1 Å². The molecule has 5 unspecified atom stereocenters. The summed E-state index contributed by atoms with van der Waals surface area (Å²) < 4.78 is 0. The van der Waals surface area contributed by atoms with Crippen LogP contribution in [0.3, 0.4) is 0 Å². The SMILES string of the molecule is CCC(C)C(NC(=O)C(Cc1ccc(O)cc1)NC(=O)C(CC(N)=O)NC(=O)C(N)CC(=O)O)C(=O)O. The molecule has 0 radical (unpaired) electrons. The molecule has 1 aromatic rings. The third-order valence-electron chi connectivity index (χ3n) is 5.56. The highest BCUT2D eigenvalue weighted by molar-refractivity contribution is 5.96. The van der Waals surface area contributed by atoms with Crippen LogP contribution < -0.4 is 27.4 Å². The molecule has 0 fully saturated rings. The first kappa shape index (κ1) is 30.8. The molecule has 0 aliphatic carbocycles. The van der Waals surface area contributed by atoms with Gasteiger partial charge in [0, 0.05) is 6.42 Å². The monoisotopic (exact) mass is 523 g/mol. The Hall–Kier alpha value is -4.20. The van der Waals surface area contributed by atoms with E-state index in [2.05, 4.69) is 16.0 Å². The van der Waals surface area contributed by atoms with E-state index in [0.717, 1.165) is 0 Å². The molecule has 0 heterocycles. The van der Waals surface area contributed by atoms with E-state index in [0.29, 0.717) is 12.0 Å². The van der Waals surface area contributed by atoms with Crippen molar-refractivity contribution in [1.82, 2.24) is 16.0 Å². The number of aromatic hydroxyl groups is 1. The van der Waals surface area contributed by atoms with Gasteiger partial charge in [0.1, 0.15) is 23.9 Å². The maximum absolute atomic E-state index is 13.1. The van der Waals surface area contributed by atoms with Crippen LogP contribution in [0.15, 0.2) is 24.3 Å². The Morgan fingerprint density at radius 2 is 1.41 bits per heavy atom. The number of hydrogen-bond donors (Lipinski definition) is 8. The summed E-state index contributed by atoms with van der Waals surface area (Å²) in [6.45, 7) is 3.38. The van der Waals surface area contributed by atoms with Crippen molar-refractivity contribution in [3.05, 3.63) is 29.8 Å². The van der Waals surface area contributed by atoms with Crippen LogP contribution in [-0.4, -0.2) is 75.1 Å². The fourth-order valence-electron chi connectivity index (χ4n) is 3.26. The van der Waals surface area contributed by atoms with Gasteiger partial charge in [0.15, 0.2) is 0 Å². The minimum atomic E-state index is -1.59. The third kappa shape index (κ3) is 10.5. The van der Waals surface area contributed by atoms with Crippen LogP contribution in [0, 0.1) is 5.92 Å². The van der Waals surface area contributed by atoms with Gasteiger partial charge >= 0.3 is 11.9 Å². The minimum Gasteiger partial charge on any atom is -0.508 e. The molecule has 0 aliphatic rings. The van der Waals surface area contributed by atoms with Crippen molar-refractivity contribution in [2.75, 3.05) is 0 Å². The van der Waals surface area contributed by atoms with Gasteiger partial charge in [0.25, 0.3) is 0 Å². The van der Waals surface area contributed by atoms with E-state index in [4.69, 9.17) is 16.6 Å². The molecule has 14 nitrogen and oxygen atoms in total. The second kappa shape index (κ2) is 14.4. The van der Waals surface area contributed by atoms with E-state index in [-0.39, 0.29) is 12.2 Å². The van der Waals surface area contributed by atoms with E-state index in [1.807, 2.05) is 0 Å². The summed E-state index contributed by atoms with van der Waals surface area (Å²) in [5.74, 6) is -6.99. The van der Waals surface area contributed by atoms with Gasteiger partial charge in [-0.25, -0.2) is 4.79 Å². The third-order valence-corrected chi connectivity index (χ3v) is 5.56. The molecule has 0 spiro atoms. The fraction of sp³-hybridized carbons (Fsp3) is 0.478. The van der Waals surface area contributed by atoms with Gasteiger partial charge in [-0.05, 0) is 23.6 Å². The lowest BCUT2D eigenvalue weighted by atomic mass is 9.98. The Labute approximate surface area is 212 Å².